The number of rotatable bonds is 2. The molecule has 1 aromatic carbocycles. The summed E-state index contributed by atoms with van der Waals surface area (Å²) in [5, 5.41) is 3.06. The van der Waals surface area contributed by atoms with E-state index >= 15 is 0 Å². The van der Waals surface area contributed by atoms with Gasteiger partial charge in [-0.2, -0.15) is 0 Å². The Bertz CT molecular complexity index is 361. The van der Waals surface area contributed by atoms with Gasteiger partial charge in [-0.3, -0.25) is 0 Å². The summed E-state index contributed by atoms with van der Waals surface area (Å²) in [6.07, 6.45) is 0.162. The molecule has 1 aliphatic rings. The zero-order valence-corrected chi connectivity index (χ0v) is 8.85. The molecule has 0 saturated carbocycles. The monoisotopic (exact) mass is 229 g/mol. The van der Waals surface area contributed by atoms with Gasteiger partial charge in [-0.15, -0.1) is 0 Å². The molecule has 0 bridgehead atoms. The Balaban J connectivity index is 2.18. The Morgan fingerprint density at radius 2 is 2.12 bits per heavy atom. The van der Waals surface area contributed by atoms with Crippen LogP contribution in [0, 0.1) is 17.6 Å². The quantitative estimate of drug-likeness (QED) is 0.822. The highest BCUT2D eigenvalue weighted by molar-refractivity contribution is 5.22. The van der Waals surface area contributed by atoms with E-state index < -0.39 is 17.8 Å². The molecule has 2 atom stereocenters. The number of benzene rings is 1. The zero-order valence-electron chi connectivity index (χ0n) is 8.85. The smallest absolute Gasteiger partial charge is 0.132 e. The summed E-state index contributed by atoms with van der Waals surface area (Å²) in [5.74, 6) is -1.52. The molecule has 1 heterocycles. The van der Waals surface area contributed by atoms with E-state index in [0.717, 1.165) is 31.2 Å². The minimum absolute atomic E-state index is 0.159. The van der Waals surface area contributed by atoms with E-state index in [4.69, 9.17) is 0 Å². The molecule has 1 aromatic rings. The molecule has 0 spiro atoms. The third kappa shape index (κ3) is 2.38. The SMILES string of the molecule is Fc1ccc(F)c(C(F)C2CCCNC2)c1. The van der Waals surface area contributed by atoms with Crippen LogP contribution in [0.25, 0.3) is 0 Å². The number of hydrogen-bond donors (Lipinski definition) is 1. The third-order valence-electron chi connectivity index (χ3n) is 3.00. The first-order chi connectivity index (χ1) is 7.68. The lowest BCUT2D eigenvalue weighted by atomic mass is 9.90. The number of alkyl halides is 1. The number of nitrogens with one attached hydrogen (secondary N) is 1. The van der Waals surface area contributed by atoms with Crippen LogP contribution >= 0.6 is 0 Å². The molecule has 0 aliphatic carbocycles. The van der Waals surface area contributed by atoms with Crippen LogP contribution in [0.1, 0.15) is 24.6 Å². The van der Waals surface area contributed by atoms with Gasteiger partial charge in [0.25, 0.3) is 0 Å². The fraction of sp³-hybridized carbons (Fsp3) is 0.500. The molecule has 1 N–H and O–H groups in total. The Labute approximate surface area is 92.7 Å². The zero-order chi connectivity index (χ0) is 11.5. The van der Waals surface area contributed by atoms with E-state index in [1.165, 1.54) is 0 Å². The molecular formula is C12H14F3N. The lowest BCUT2D eigenvalue weighted by Crippen LogP contribution is -2.32. The molecule has 16 heavy (non-hydrogen) atoms. The summed E-state index contributed by atoms with van der Waals surface area (Å²) < 4.78 is 40.3. The molecule has 0 radical (unpaired) electrons. The summed E-state index contributed by atoms with van der Waals surface area (Å²) in [5.41, 5.74) is -0.159. The largest absolute Gasteiger partial charge is 0.316 e. The van der Waals surface area contributed by atoms with Crippen molar-refractivity contribution in [1.82, 2.24) is 5.32 Å². The predicted molar refractivity (Wildman–Crippen MR) is 55.8 cm³/mol. The van der Waals surface area contributed by atoms with Crippen LogP contribution in [0.15, 0.2) is 18.2 Å². The molecule has 88 valence electrons. The molecule has 1 saturated heterocycles. The van der Waals surface area contributed by atoms with Gasteiger partial charge in [-0.1, -0.05) is 0 Å². The third-order valence-corrected chi connectivity index (χ3v) is 3.00. The highest BCUT2D eigenvalue weighted by atomic mass is 19.1. The Kier molecular flexibility index (Phi) is 3.49. The summed E-state index contributed by atoms with van der Waals surface area (Å²) in [6.45, 7) is 1.39. The standard InChI is InChI=1S/C12H14F3N/c13-9-3-4-11(14)10(6-9)12(15)8-2-1-5-16-7-8/h3-4,6,8,12,16H,1-2,5,7H2. The summed E-state index contributed by atoms with van der Waals surface area (Å²) in [4.78, 5) is 0. The average Bonchev–Trinajstić information content (AvgIpc) is 2.32. The normalized spacial score (nSPS) is 23.1. The Morgan fingerprint density at radius 1 is 1.31 bits per heavy atom. The molecule has 2 unspecified atom stereocenters. The van der Waals surface area contributed by atoms with Gasteiger partial charge in [0.05, 0.1) is 0 Å². The Morgan fingerprint density at radius 3 is 2.81 bits per heavy atom. The summed E-state index contributed by atoms with van der Waals surface area (Å²) >= 11 is 0. The van der Waals surface area contributed by atoms with Crippen molar-refractivity contribution in [2.24, 2.45) is 5.92 Å². The molecule has 1 aliphatic heterocycles. The number of hydrogen-bond acceptors (Lipinski definition) is 1. The van der Waals surface area contributed by atoms with Gasteiger partial charge < -0.3 is 5.32 Å². The average molecular weight is 229 g/mol. The van der Waals surface area contributed by atoms with Crippen molar-refractivity contribution in [2.45, 2.75) is 19.0 Å². The van der Waals surface area contributed by atoms with Crippen molar-refractivity contribution in [3.63, 3.8) is 0 Å². The van der Waals surface area contributed by atoms with Crippen molar-refractivity contribution < 1.29 is 13.2 Å². The second kappa shape index (κ2) is 4.87. The van der Waals surface area contributed by atoms with Gasteiger partial charge in [0.1, 0.15) is 17.8 Å². The predicted octanol–water partition coefficient (Wildman–Crippen LogP) is 2.98. The Hall–Kier alpha value is -1.03. The molecule has 0 aromatic heterocycles. The maximum Gasteiger partial charge on any atom is 0.132 e. The summed E-state index contributed by atoms with van der Waals surface area (Å²) in [7, 11) is 0. The second-order valence-electron chi connectivity index (χ2n) is 4.17. The van der Waals surface area contributed by atoms with Crippen molar-refractivity contribution >= 4 is 0 Å². The highest BCUT2D eigenvalue weighted by Gasteiger charge is 2.27. The van der Waals surface area contributed by atoms with E-state index in [-0.39, 0.29) is 11.5 Å². The van der Waals surface area contributed by atoms with E-state index in [9.17, 15) is 13.2 Å². The molecule has 1 nitrogen and oxygen atoms in total. The van der Waals surface area contributed by atoms with Gasteiger partial charge in [0, 0.05) is 18.0 Å². The van der Waals surface area contributed by atoms with Crippen molar-refractivity contribution in [2.75, 3.05) is 13.1 Å². The number of piperidine rings is 1. The minimum atomic E-state index is -1.43. The number of halogens is 3. The van der Waals surface area contributed by atoms with Crippen molar-refractivity contribution in [3.8, 4) is 0 Å². The molecule has 0 amide bonds. The summed E-state index contributed by atoms with van der Waals surface area (Å²) in [6, 6.07) is 2.94. The van der Waals surface area contributed by atoms with Crippen LogP contribution in [0.4, 0.5) is 13.2 Å². The first-order valence-electron chi connectivity index (χ1n) is 5.48. The van der Waals surface area contributed by atoms with Gasteiger partial charge in [0.15, 0.2) is 0 Å². The van der Waals surface area contributed by atoms with E-state index in [1.54, 1.807) is 0 Å². The van der Waals surface area contributed by atoms with Crippen LogP contribution in [0.3, 0.4) is 0 Å². The van der Waals surface area contributed by atoms with Gasteiger partial charge in [-0.25, -0.2) is 13.2 Å². The topological polar surface area (TPSA) is 12.0 Å². The molecule has 1 fully saturated rings. The van der Waals surface area contributed by atoms with Crippen molar-refractivity contribution in [1.29, 1.82) is 0 Å². The fourth-order valence-electron chi connectivity index (χ4n) is 2.11. The minimum Gasteiger partial charge on any atom is -0.316 e. The van der Waals surface area contributed by atoms with E-state index in [2.05, 4.69) is 5.32 Å². The van der Waals surface area contributed by atoms with Gasteiger partial charge in [0.2, 0.25) is 0 Å². The van der Waals surface area contributed by atoms with Crippen LogP contribution in [-0.2, 0) is 0 Å². The highest BCUT2D eigenvalue weighted by Crippen LogP contribution is 2.32. The van der Waals surface area contributed by atoms with E-state index in [1.807, 2.05) is 0 Å². The maximum atomic E-state index is 14.0. The molecule has 4 heteroatoms. The first kappa shape index (κ1) is 11.5. The van der Waals surface area contributed by atoms with Crippen molar-refractivity contribution in [3.05, 3.63) is 35.4 Å². The molecule has 2 rings (SSSR count). The van der Waals surface area contributed by atoms with Crippen LogP contribution in [0.5, 0.6) is 0 Å². The van der Waals surface area contributed by atoms with Crippen LogP contribution in [-0.4, -0.2) is 13.1 Å². The van der Waals surface area contributed by atoms with Crippen LogP contribution in [0.2, 0.25) is 0 Å². The maximum absolute atomic E-state index is 14.0. The lowest BCUT2D eigenvalue weighted by molar-refractivity contribution is 0.189. The molecular weight excluding hydrogens is 215 g/mol. The second-order valence-corrected chi connectivity index (χ2v) is 4.17. The first-order valence-corrected chi connectivity index (χ1v) is 5.48. The van der Waals surface area contributed by atoms with Gasteiger partial charge >= 0.3 is 0 Å². The van der Waals surface area contributed by atoms with Gasteiger partial charge in [-0.05, 0) is 37.6 Å². The fourth-order valence-corrected chi connectivity index (χ4v) is 2.11. The van der Waals surface area contributed by atoms with E-state index in [0.29, 0.717) is 13.0 Å². The lowest BCUT2D eigenvalue weighted by Gasteiger charge is -2.26. The van der Waals surface area contributed by atoms with Crippen LogP contribution < -0.4 is 5.32 Å².